The summed E-state index contributed by atoms with van der Waals surface area (Å²) in [5.41, 5.74) is 8.83. The second-order valence-electron chi connectivity index (χ2n) is 4.75. The molecule has 17 heavy (non-hydrogen) atoms. The molecule has 2 N–H and O–H groups in total. The third-order valence-corrected chi connectivity index (χ3v) is 3.21. The van der Waals surface area contributed by atoms with Gasteiger partial charge in [0.2, 0.25) is 0 Å². The number of hydrogen-bond acceptors (Lipinski definition) is 4. The van der Waals surface area contributed by atoms with E-state index in [1.807, 2.05) is 32.6 Å². The van der Waals surface area contributed by atoms with Crippen molar-refractivity contribution in [1.82, 2.24) is 19.7 Å². The van der Waals surface area contributed by atoms with Gasteiger partial charge in [-0.3, -0.25) is 4.68 Å². The average molecular weight is 229 g/mol. The lowest BCUT2D eigenvalue weighted by Gasteiger charge is -2.06. The van der Waals surface area contributed by atoms with Crippen molar-refractivity contribution in [2.24, 2.45) is 12.8 Å². The Hall–Kier alpha value is -1.75. The van der Waals surface area contributed by atoms with Crippen molar-refractivity contribution in [2.75, 3.05) is 0 Å². The van der Waals surface area contributed by atoms with Gasteiger partial charge in [0.25, 0.3) is 0 Å². The Morgan fingerprint density at radius 1 is 1.29 bits per heavy atom. The van der Waals surface area contributed by atoms with Gasteiger partial charge in [0.1, 0.15) is 5.82 Å². The van der Waals surface area contributed by atoms with Crippen LogP contribution in [-0.4, -0.2) is 19.7 Å². The molecule has 5 nitrogen and oxygen atoms in total. The first kappa shape index (κ1) is 10.4. The predicted molar refractivity (Wildman–Crippen MR) is 64.1 cm³/mol. The molecule has 2 heterocycles. The zero-order valence-corrected chi connectivity index (χ0v) is 10.0. The zero-order chi connectivity index (χ0) is 12.0. The fraction of sp³-hybridized carbons (Fsp3) is 0.417. The molecule has 0 saturated heterocycles. The smallest absolute Gasteiger partial charge is 0.148 e. The highest BCUT2D eigenvalue weighted by Crippen LogP contribution is 2.40. The predicted octanol–water partition coefficient (Wildman–Crippen LogP) is 1.13. The molecule has 1 aliphatic carbocycles. The molecule has 0 amide bonds. The molecule has 1 saturated carbocycles. The lowest BCUT2D eigenvalue weighted by molar-refractivity contribution is 0.672. The Balaban J connectivity index is 1.97. The van der Waals surface area contributed by atoms with Crippen LogP contribution in [0.5, 0.6) is 0 Å². The molecule has 0 radical (unpaired) electrons. The van der Waals surface area contributed by atoms with Crippen molar-refractivity contribution in [1.29, 1.82) is 0 Å². The minimum atomic E-state index is -0.261. The molecule has 0 bridgehead atoms. The van der Waals surface area contributed by atoms with Gasteiger partial charge >= 0.3 is 0 Å². The lowest BCUT2D eigenvalue weighted by Crippen LogP contribution is -2.21. The van der Waals surface area contributed by atoms with Gasteiger partial charge in [-0.2, -0.15) is 5.10 Å². The van der Waals surface area contributed by atoms with E-state index in [2.05, 4.69) is 15.1 Å². The van der Waals surface area contributed by atoms with Gasteiger partial charge in [-0.25, -0.2) is 9.97 Å². The molecule has 0 aliphatic heterocycles. The van der Waals surface area contributed by atoms with Crippen LogP contribution in [0.4, 0.5) is 0 Å². The fourth-order valence-electron chi connectivity index (χ4n) is 1.97. The van der Waals surface area contributed by atoms with Crippen molar-refractivity contribution >= 4 is 0 Å². The van der Waals surface area contributed by atoms with Crippen molar-refractivity contribution in [3.8, 4) is 11.1 Å². The van der Waals surface area contributed by atoms with Crippen LogP contribution in [0.25, 0.3) is 11.1 Å². The maximum atomic E-state index is 6.05. The van der Waals surface area contributed by atoms with E-state index >= 15 is 0 Å². The number of rotatable bonds is 2. The number of hydrogen-bond donors (Lipinski definition) is 1. The van der Waals surface area contributed by atoms with Gasteiger partial charge in [0.15, 0.2) is 0 Å². The summed E-state index contributed by atoms with van der Waals surface area (Å²) in [5, 5.41) is 4.31. The van der Waals surface area contributed by atoms with E-state index < -0.39 is 0 Å². The van der Waals surface area contributed by atoms with Gasteiger partial charge in [0.05, 0.1) is 11.2 Å². The lowest BCUT2D eigenvalue weighted by atomic mass is 10.1. The average Bonchev–Trinajstić information content (AvgIpc) is 2.97. The maximum absolute atomic E-state index is 6.05. The number of nitrogens with two attached hydrogens (primary N) is 1. The summed E-state index contributed by atoms with van der Waals surface area (Å²) < 4.78 is 1.80. The van der Waals surface area contributed by atoms with E-state index in [9.17, 15) is 0 Å². The second-order valence-corrected chi connectivity index (χ2v) is 4.75. The van der Waals surface area contributed by atoms with Crippen molar-refractivity contribution < 1.29 is 0 Å². The van der Waals surface area contributed by atoms with E-state index in [0.29, 0.717) is 0 Å². The third kappa shape index (κ3) is 1.72. The zero-order valence-electron chi connectivity index (χ0n) is 10.0. The fourth-order valence-corrected chi connectivity index (χ4v) is 1.97. The second kappa shape index (κ2) is 3.37. The maximum Gasteiger partial charge on any atom is 0.148 e. The summed E-state index contributed by atoms with van der Waals surface area (Å²) in [4.78, 5) is 8.73. The van der Waals surface area contributed by atoms with Gasteiger partial charge in [-0.05, 0) is 19.8 Å². The molecular formula is C12H15N5. The molecule has 5 heteroatoms. The Bertz CT molecular complexity index is 551. The highest BCUT2D eigenvalue weighted by molar-refractivity contribution is 5.63. The van der Waals surface area contributed by atoms with Crippen LogP contribution < -0.4 is 5.73 Å². The molecule has 88 valence electrons. The van der Waals surface area contributed by atoms with Crippen LogP contribution in [0.2, 0.25) is 0 Å². The summed E-state index contributed by atoms with van der Waals surface area (Å²) >= 11 is 0. The number of nitrogens with zero attached hydrogens (tertiary/aromatic N) is 4. The van der Waals surface area contributed by atoms with E-state index in [1.54, 1.807) is 4.68 Å². The third-order valence-electron chi connectivity index (χ3n) is 3.21. The van der Waals surface area contributed by atoms with Crippen LogP contribution in [0, 0.1) is 6.92 Å². The summed E-state index contributed by atoms with van der Waals surface area (Å²) in [7, 11) is 1.91. The molecular weight excluding hydrogens is 214 g/mol. The van der Waals surface area contributed by atoms with E-state index in [4.69, 9.17) is 5.73 Å². The van der Waals surface area contributed by atoms with E-state index in [-0.39, 0.29) is 5.54 Å². The Kier molecular flexibility index (Phi) is 2.06. The van der Waals surface area contributed by atoms with Crippen LogP contribution in [0.15, 0.2) is 18.6 Å². The molecule has 0 unspecified atom stereocenters. The highest BCUT2D eigenvalue weighted by atomic mass is 15.2. The monoisotopic (exact) mass is 229 g/mol. The molecule has 1 fully saturated rings. The molecule has 0 atom stereocenters. The SMILES string of the molecule is Cc1nn(C)cc1-c1cnc(C2(N)CC2)nc1. The summed E-state index contributed by atoms with van der Waals surface area (Å²) in [6, 6.07) is 0. The van der Waals surface area contributed by atoms with Crippen LogP contribution in [0.3, 0.4) is 0 Å². The van der Waals surface area contributed by atoms with Crippen LogP contribution >= 0.6 is 0 Å². The van der Waals surface area contributed by atoms with Crippen molar-refractivity contribution in [3.63, 3.8) is 0 Å². The molecule has 0 aromatic carbocycles. The largest absolute Gasteiger partial charge is 0.319 e. The summed E-state index contributed by atoms with van der Waals surface area (Å²) in [6.07, 6.45) is 7.61. The Morgan fingerprint density at radius 3 is 2.41 bits per heavy atom. The van der Waals surface area contributed by atoms with E-state index in [1.165, 1.54) is 0 Å². The summed E-state index contributed by atoms with van der Waals surface area (Å²) in [6.45, 7) is 1.98. The minimum absolute atomic E-state index is 0.261. The highest BCUT2D eigenvalue weighted by Gasteiger charge is 2.42. The van der Waals surface area contributed by atoms with Gasteiger partial charge in [-0.15, -0.1) is 0 Å². The van der Waals surface area contributed by atoms with Crippen molar-refractivity contribution in [2.45, 2.75) is 25.3 Å². The molecule has 0 spiro atoms. The van der Waals surface area contributed by atoms with Gasteiger partial charge in [-0.1, -0.05) is 0 Å². The molecule has 2 aromatic heterocycles. The summed E-state index contributed by atoms with van der Waals surface area (Å²) in [5.74, 6) is 0.753. The van der Waals surface area contributed by atoms with Gasteiger partial charge in [0, 0.05) is 36.8 Å². The normalized spacial score (nSPS) is 17.1. The molecule has 1 aliphatic rings. The number of aromatic nitrogens is 4. The first-order valence-electron chi connectivity index (χ1n) is 5.70. The molecule has 3 rings (SSSR count). The van der Waals surface area contributed by atoms with Crippen molar-refractivity contribution in [3.05, 3.63) is 30.1 Å². The quantitative estimate of drug-likeness (QED) is 0.838. The molecule has 2 aromatic rings. The Morgan fingerprint density at radius 2 is 1.94 bits per heavy atom. The minimum Gasteiger partial charge on any atom is -0.319 e. The Labute approximate surface area is 99.7 Å². The first-order valence-corrected chi connectivity index (χ1v) is 5.70. The first-order chi connectivity index (χ1) is 8.08. The van der Waals surface area contributed by atoms with E-state index in [0.717, 1.165) is 35.5 Å². The number of aryl methyl sites for hydroxylation is 2. The van der Waals surface area contributed by atoms with Gasteiger partial charge < -0.3 is 5.73 Å². The van der Waals surface area contributed by atoms with Crippen LogP contribution in [-0.2, 0) is 12.6 Å². The standard InChI is InChI=1S/C12H15N5/c1-8-10(7-17(2)16-8)9-5-14-11(15-6-9)12(13)3-4-12/h5-7H,3-4,13H2,1-2H3. The topological polar surface area (TPSA) is 69.6 Å². The van der Waals surface area contributed by atoms with Crippen LogP contribution in [0.1, 0.15) is 24.4 Å².